The van der Waals surface area contributed by atoms with Gasteiger partial charge in [0.2, 0.25) is 23.6 Å². The van der Waals surface area contributed by atoms with E-state index in [-0.39, 0.29) is 12.2 Å². The summed E-state index contributed by atoms with van der Waals surface area (Å²) in [6, 6.07) is -5.45. The number of amides is 4. The number of aliphatic hydroxyl groups is 1. The molecule has 15 heteroatoms. The zero-order valence-corrected chi connectivity index (χ0v) is 17.2. The van der Waals surface area contributed by atoms with Crippen molar-refractivity contribution in [3.63, 3.8) is 0 Å². The fourth-order valence-electron chi connectivity index (χ4n) is 2.33. The Hall–Kier alpha value is -3.17. The summed E-state index contributed by atoms with van der Waals surface area (Å²) in [6.07, 6.45) is 1.99. The van der Waals surface area contributed by atoms with Gasteiger partial charge in [-0.15, -0.1) is 0 Å². The molecule has 0 aliphatic rings. The molecule has 172 valence electrons. The summed E-state index contributed by atoms with van der Waals surface area (Å²) in [5.74, 6) is -5.05. The molecule has 0 saturated heterocycles. The second kappa shape index (κ2) is 12.5. The van der Waals surface area contributed by atoms with Crippen LogP contribution in [-0.2, 0) is 30.4 Å². The number of nitrogens with one attached hydrogen (secondary N) is 4. The van der Waals surface area contributed by atoms with Crippen molar-refractivity contribution in [3.8, 4) is 0 Å². The van der Waals surface area contributed by atoms with Crippen molar-refractivity contribution in [1.29, 1.82) is 0 Å². The van der Waals surface area contributed by atoms with Gasteiger partial charge in [-0.2, -0.15) is 12.6 Å². The number of carboxylic acid groups (broad SMARTS) is 1. The van der Waals surface area contributed by atoms with Crippen molar-refractivity contribution in [1.82, 2.24) is 25.9 Å². The number of hydrogen-bond acceptors (Lipinski definition) is 9. The van der Waals surface area contributed by atoms with Crippen LogP contribution in [0.15, 0.2) is 12.5 Å². The number of thiol groups is 1. The first-order chi connectivity index (χ1) is 14.6. The van der Waals surface area contributed by atoms with Gasteiger partial charge in [0.05, 0.1) is 25.4 Å². The first-order valence-electron chi connectivity index (χ1n) is 8.95. The lowest BCUT2D eigenvalue weighted by atomic mass is 10.1. The summed E-state index contributed by atoms with van der Waals surface area (Å²) in [5.41, 5.74) is 11.1. The van der Waals surface area contributed by atoms with Crippen LogP contribution in [0.4, 0.5) is 0 Å². The maximum atomic E-state index is 12.7. The van der Waals surface area contributed by atoms with E-state index in [4.69, 9.17) is 21.7 Å². The van der Waals surface area contributed by atoms with Gasteiger partial charge in [0, 0.05) is 24.1 Å². The first-order valence-corrected chi connectivity index (χ1v) is 9.59. The number of hydrogen-bond donors (Lipinski definition) is 9. The second-order valence-corrected chi connectivity index (χ2v) is 6.81. The summed E-state index contributed by atoms with van der Waals surface area (Å²) in [7, 11) is 0. The van der Waals surface area contributed by atoms with Gasteiger partial charge in [-0.1, -0.05) is 0 Å². The minimum atomic E-state index is -1.61. The number of rotatable bonds is 13. The number of nitrogens with two attached hydrogens (primary N) is 2. The molecule has 1 aromatic rings. The van der Waals surface area contributed by atoms with Crippen LogP contribution < -0.4 is 27.4 Å². The molecule has 0 bridgehead atoms. The molecule has 0 fully saturated rings. The van der Waals surface area contributed by atoms with E-state index in [1.54, 1.807) is 0 Å². The molecule has 31 heavy (non-hydrogen) atoms. The third kappa shape index (κ3) is 8.61. The molecule has 10 N–H and O–H groups in total. The Kier molecular flexibility index (Phi) is 10.4. The average Bonchev–Trinajstić information content (AvgIpc) is 3.22. The zero-order chi connectivity index (χ0) is 23.6. The lowest BCUT2D eigenvalue weighted by molar-refractivity contribution is -0.143. The molecule has 0 aliphatic carbocycles. The monoisotopic (exact) mass is 459 g/mol. The zero-order valence-electron chi connectivity index (χ0n) is 16.3. The Morgan fingerprint density at radius 3 is 2.13 bits per heavy atom. The van der Waals surface area contributed by atoms with Crippen LogP contribution >= 0.6 is 12.6 Å². The molecule has 0 radical (unpaired) electrons. The Bertz CT molecular complexity index is 789. The van der Waals surface area contributed by atoms with E-state index in [1.807, 2.05) is 0 Å². The Morgan fingerprint density at radius 1 is 1.06 bits per heavy atom. The van der Waals surface area contributed by atoms with E-state index in [0.717, 1.165) is 0 Å². The highest BCUT2D eigenvalue weighted by Gasteiger charge is 2.31. The Morgan fingerprint density at radius 2 is 1.65 bits per heavy atom. The lowest BCUT2D eigenvalue weighted by Crippen LogP contribution is -2.58. The molecule has 1 rings (SSSR count). The van der Waals surface area contributed by atoms with Gasteiger partial charge in [0.25, 0.3) is 0 Å². The molecule has 0 aliphatic heterocycles. The minimum absolute atomic E-state index is 0.0284. The van der Waals surface area contributed by atoms with Crippen LogP contribution in [0.3, 0.4) is 0 Å². The summed E-state index contributed by atoms with van der Waals surface area (Å²) in [4.78, 5) is 66.2. The number of aliphatic carboxylic acids is 1. The van der Waals surface area contributed by atoms with E-state index in [0.29, 0.717) is 5.69 Å². The topological polar surface area (TPSA) is 243 Å². The highest BCUT2D eigenvalue weighted by molar-refractivity contribution is 7.80. The van der Waals surface area contributed by atoms with Crippen LogP contribution in [-0.4, -0.2) is 86.3 Å². The van der Waals surface area contributed by atoms with Crippen molar-refractivity contribution in [2.24, 2.45) is 11.5 Å². The standard InChI is InChI=1S/C16H25N7O7S/c17-8(5-31)13(26)21-10(2-12(18)25)15(28)22-9(1-7-3-19-6-20-7)14(27)23-11(4-24)16(29)30/h3,6,8-11,24,31H,1-2,4-5,17H2,(H2,18,25)(H,19,20)(H,21,26)(H,22,28)(H,23,27)(H,29,30). The van der Waals surface area contributed by atoms with E-state index in [1.165, 1.54) is 12.5 Å². The highest BCUT2D eigenvalue weighted by Crippen LogP contribution is 2.03. The molecular formula is C16H25N7O7S. The van der Waals surface area contributed by atoms with Gasteiger partial charge in [0.1, 0.15) is 18.1 Å². The van der Waals surface area contributed by atoms with Gasteiger partial charge in [-0.05, 0) is 0 Å². The minimum Gasteiger partial charge on any atom is -0.480 e. The molecule has 0 spiro atoms. The number of aromatic nitrogens is 2. The molecular weight excluding hydrogens is 434 g/mol. The summed E-state index contributed by atoms with van der Waals surface area (Å²) < 4.78 is 0. The van der Waals surface area contributed by atoms with Crippen LogP contribution in [0.1, 0.15) is 12.1 Å². The SMILES string of the molecule is NC(=O)CC(NC(=O)C(N)CS)C(=O)NC(Cc1cnc[nH]1)C(=O)NC(CO)C(=O)O. The third-order valence-corrected chi connectivity index (χ3v) is 4.37. The molecule has 4 amide bonds. The first kappa shape index (κ1) is 25.9. The van der Waals surface area contributed by atoms with Crippen molar-refractivity contribution < 1.29 is 34.2 Å². The lowest BCUT2D eigenvalue weighted by Gasteiger charge is -2.24. The van der Waals surface area contributed by atoms with Crippen LogP contribution in [0.5, 0.6) is 0 Å². The average molecular weight is 459 g/mol. The van der Waals surface area contributed by atoms with Gasteiger partial charge in [-0.25, -0.2) is 9.78 Å². The van der Waals surface area contributed by atoms with Crippen molar-refractivity contribution in [2.45, 2.75) is 37.0 Å². The number of aromatic amines is 1. The number of aliphatic hydroxyl groups excluding tert-OH is 1. The fraction of sp³-hybridized carbons (Fsp3) is 0.500. The van der Waals surface area contributed by atoms with E-state index in [9.17, 15) is 24.0 Å². The highest BCUT2D eigenvalue weighted by atomic mass is 32.1. The van der Waals surface area contributed by atoms with E-state index >= 15 is 0 Å². The molecule has 0 aromatic carbocycles. The number of nitrogens with zero attached hydrogens (tertiary/aromatic N) is 1. The molecule has 4 atom stereocenters. The Balaban J connectivity index is 3.03. The fourth-order valence-corrected chi connectivity index (χ4v) is 2.49. The number of carbonyl (C=O) groups excluding carboxylic acids is 4. The third-order valence-electron chi connectivity index (χ3n) is 3.98. The maximum absolute atomic E-state index is 12.7. The molecule has 0 saturated carbocycles. The number of carbonyl (C=O) groups is 5. The van der Waals surface area contributed by atoms with Gasteiger partial charge in [-0.3, -0.25) is 19.2 Å². The Labute approximate surface area is 181 Å². The predicted molar refractivity (Wildman–Crippen MR) is 108 cm³/mol. The number of imidazole rings is 1. The maximum Gasteiger partial charge on any atom is 0.328 e. The molecule has 1 heterocycles. The number of carboxylic acids is 1. The van der Waals surface area contributed by atoms with Gasteiger partial charge in [0.15, 0.2) is 0 Å². The van der Waals surface area contributed by atoms with E-state index < -0.39 is 66.8 Å². The van der Waals surface area contributed by atoms with E-state index in [2.05, 4.69) is 38.5 Å². The van der Waals surface area contributed by atoms with Crippen LogP contribution in [0, 0.1) is 0 Å². The van der Waals surface area contributed by atoms with Crippen molar-refractivity contribution >= 4 is 42.2 Å². The quantitative estimate of drug-likeness (QED) is 0.129. The second-order valence-electron chi connectivity index (χ2n) is 6.44. The number of H-pyrrole nitrogens is 1. The summed E-state index contributed by atoms with van der Waals surface area (Å²) >= 11 is 3.88. The smallest absolute Gasteiger partial charge is 0.328 e. The largest absolute Gasteiger partial charge is 0.480 e. The number of primary amides is 1. The summed E-state index contributed by atoms with van der Waals surface area (Å²) in [6.45, 7) is -0.881. The van der Waals surface area contributed by atoms with Crippen LogP contribution in [0.2, 0.25) is 0 Å². The van der Waals surface area contributed by atoms with Gasteiger partial charge >= 0.3 is 5.97 Å². The van der Waals surface area contributed by atoms with Crippen LogP contribution in [0.25, 0.3) is 0 Å². The predicted octanol–water partition coefficient (Wildman–Crippen LogP) is -4.38. The van der Waals surface area contributed by atoms with Crippen molar-refractivity contribution in [3.05, 3.63) is 18.2 Å². The molecule has 1 aromatic heterocycles. The summed E-state index contributed by atoms with van der Waals surface area (Å²) in [5, 5.41) is 24.8. The van der Waals surface area contributed by atoms with Crippen molar-refractivity contribution in [2.75, 3.05) is 12.4 Å². The van der Waals surface area contributed by atoms with Gasteiger partial charge < -0.3 is 42.6 Å². The normalized spacial score (nSPS) is 14.5. The molecule has 14 nitrogen and oxygen atoms in total. The molecule has 4 unspecified atom stereocenters.